The van der Waals surface area contributed by atoms with Gasteiger partial charge in [0.2, 0.25) is 0 Å². The number of aliphatic hydroxyl groups is 3. The molecule has 4 saturated carbocycles. The SMILES string of the molecule is C.C[Si](C)(C)CCOCn1ccc2c(-c3cnn(C(CC#N)[C@H]4CC[C@@H](O)C4)c3)ncnc21.C[Si](C)(C)CCOCn1ccc2c(-c3cnn(C(CC#N)[C@H]4CC[C@H](O)C4)c3)ncnc21.C[Si](C)(C)CCOCn1ccc2c(-c3cnn(C(CC#N)[C@H]4CC[C@H](c5ccccc5)C4)c3)ncnc21.II.N#CCC([C@H]1CC[C@H](O)C1)n1cc(-c2ncnc3[nH]ccc23)cn1.O=C=O. The Kier molecular flexibility index (Phi) is 37.4. The van der Waals surface area contributed by atoms with Crippen molar-refractivity contribution in [2.45, 2.75) is 256 Å². The van der Waals surface area contributed by atoms with E-state index in [4.69, 9.17) is 28.9 Å². The summed E-state index contributed by atoms with van der Waals surface area (Å²) in [7, 11) is -3.35. The zero-order valence-electron chi connectivity index (χ0n) is 75.5. The third kappa shape index (κ3) is 27.3. The van der Waals surface area contributed by atoms with Gasteiger partial charge >= 0.3 is 6.15 Å². The molecule has 131 heavy (non-hydrogen) atoms. The first kappa shape index (κ1) is 101. The molecule has 12 heterocycles. The van der Waals surface area contributed by atoms with Crippen LogP contribution in [0.15, 0.2) is 154 Å². The standard InChI is InChI=1S/C29H36N6OSi.2C23H32N6O2Si.C17H18N6O.CO2.CH4.I2/c1-37(2,3)16-15-36-21-34-14-12-26-28(31-20-32-29(26)34)25-18-33-35(19-25)27(11-13-30)24-10-9-23(17-24)22-7-5-4-6-8-22;2*1-32(2,3)11-10-31-16-28-9-7-20-22(25-15-26-23(20)28)18-13-27-29(14-18)21(6-8-24)17-4-5-19(30)12-17;18-5-3-15(11-1-2-13(24)7-11)23-9-12(8-22-23)16-14-4-6-19-17(14)21-10-20-16;2-1-3;;1-2/h4-8,12,14,18-20,23-24,27H,9-11,15-17,21H2,1-3H3;2*7,9,13-15,17,19,21,30H,4-6,10-12,16H2,1-3H3;4,6,8-11,13,15,24H,1-3,7H2,(H,19,20,21);;1H4;/t23-,24-,27?;17-,19+,21?;17-,19-,21?;11-,13-,15?;;;/m0000.../s1. The number of nitrogens with zero attached hydrogens (tertiary/aromatic N) is 23. The Hall–Kier alpha value is -10.2. The zero-order valence-corrected chi connectivity index (χ0v) is 82.8. The summed E-state index contributed by atoms with van der Waals surface area (Å²) < 4.78 is 31.4. The maximum atomic E-state index is 9.94. The number of carbonyl (C=O) groups excluding carboxylic acids is 2. The van der Waals surface area contributed by atoms with E-state index in [9.17, 15) is 36.4 Å². The lowest BCUT2D eigenvalue weighted by Crippen LogP contribution is -2.22. The molecule has 4 unspecified atom stereocenters. The molecular weight excluding hydrogens is 1930 g/mol. The number of benzene rings is 1. The van der Waals surface area contributed by atoms with Crippen molar-refractivity contribution in [1.29, 1.82) is 21.0 Å². The first-order chi connectivity index (χ1) is 62.8. The molecule has 17 rings (SSSR count). The molecule has 12 aromatic heterocycles. The zero-order chi connectivity index (χ0) is 92.5. The maximum absolute atomic E-state index is 9.94. The minimum Gasteiger partial charge on any atom is -0.393 e. The molecule has 4 fully saturated rings. The van der Waals surface area contributed by atoms with Crippen LogP contribution >= 0.6 is 37.2 Å². The molecule has 0 saturated heterocycles. The Morgan fingerprint density at radius 2 is 0.725 bits per heavy atom. The lowest BCUT2D eigenvalue weighted by Gasteiger charge is -2.22. The van der Waals surface area contributed by atoms with Crippen LogP contribution < -0.4 is 0 Å². The van der Waals surface area contributed by atoms with Gasteiger partial charge in [0.05, 0.1) is 140 Å². The van der Waals surface area contributed by atoms with Crippen molar-refractivity contribution in [2.75, 3.05) is 19.8 Å². The van der Waals surface area contributed by atoms with E-state index in [1.54, 1.807) is 37.6 Å². The van der Waals surface area contributed by atoms with Gasteiger partial charge in [-0.3, -0.25) is 18.7 Å². The van der Waals surface area contributed by atoms with Gasteiger partial charge in [-0.1, -0.05) is 96.7 Å². The summed E-state index contributed by atoms with van der Waals surface area (Å²) in [4.78, 5) is 55.1. The molecule has 4 aliphatic carbocycles. The van der Waals surface area contributed by atoms with Crippen molar-refractivity contribution < 1.29 is 39.1 Å². The lowest BCUT2D eigenvalue weighted by molar-refractivity contribution is -0.191. The summed E-state index contributed by atoms with van der Waals surface area (Å²) in [5.41, 5.74) is 11.7. The van der Waals surface area contributed by atoms with Crippen LogP contribution in [0.25, 0.3) is 89.2 Å². The van der Waals surface area contributed by atoms with Crippen LogP contribution in [0.5, 0.6) is 0 Å². The highest BCUT2D eigenvalue weighted by atomic mass is 128. The summed E-state index contributed by atoms with van der Waals surface area (Å²) in [6.07, 6.45) is 41.1. The Labute approximate surface area is 792 Å². The summed E-state index contributed by atoms with van der Waals surface area (Å²) >= 11 is 4.24. The maximum Gasteiger partial charge on any atom is 0.373 e. The highest BCUT2D eigenvalue weighted by Gasteiger charge is 2.37. The van der Waals surface area contributed by atoms with Crippen LogP contribution in [0.4, 0.5) is 0 Å². The molecule has 4 N–H and O–H groups in total. The summed E-state index contributed by atoms with van der Waals surface area (Å²) in [6.45, 7) is 24.9. The first-order valence-corrected chi connectivity index (χ1v) is 62.0. The van der Waals surface area contributed by atoms with Crippen molar-refractivity contribution in [3.63, 3.8) is 0 Å². The first-order valence-electron chi connectivity index (χ1n) is 44.6. The molecule has 13 aromatic rings. The highest BCUT2D eigenvalue weighted by Crippen LogP contribution is 2.46. The van der Waals surface area contributed by atoms with E-state index in [0.717, 1.165) is 204 Å². The summed E-state index contributed by atoms with van der Waals surface area (Å²) in [6, 6.07) is 31.4. The van der Waals surface area contributed by atoms with Gasteiger partial charge < -0.3 is 48.2 Å². The number of nitrogens with one attached hydrogen (secondary N) is 1. The lowest BCUT2D eigenvalue weighted by atomic mass is 9.92. The monoisotopic (exact) mass is 2050 g/mol. The van der Waals surface area contributed by atoms with E-state index in [2.05, 4.69) is 223 Å². The second-order valence-electron chi connectivity index (χ2n) is 37.7. The number of aliphatic hydroxyl groups excluding tert-OH is 3. The van der Waals surface area contributed by atoms with Gasteiger partial charge in [0.15, 0.2) is 0 Å². The molecule has 1 aromatic carbocycles. The van der Waals surface area contributed by atoms with Crippen molar-refractivity contribution in [3.8, 4) is 69.3 Å². The van der Waals surface area contributed by atoms with Crippen LogP contribution in [0.3, 0.4) is 0 Å². The molecule has 0 amide bonds. The number of nitriles is 4. The Bertz CT molecular complexity index is 5820. The van der Waals surface area contributed by atoms with Gasteiger partial charge in [-0.2, -0.15) is 51.0 Å². The average molecular weight is 2050 g/mol. The third-order valence-electron chi connectivity index (χ3n) is 25.0. The molecule has 32 nitrogen and oxygen atoms in total. The number of halogens is 2. The fourth-order valence-electron chi connectivity index (χ4n) is 18.0. The van der Waals surface area contributed by atoms with E-state index in [-0.39, 0.29) is 73.8 Å². The highest BCUT2D eigenvalue weighted by molar-refractivity contribution is 15.0. The molecule has 0 radical (unpaired) electrons. The molecule has 4 aliphatic rings. The minimum absolute atomic E-state index is 0. The number of H-pyrrole nitrogens is 1. The number of rotatable bonds is 32. The van der Waals surface area contributed by atoms with Crippen LogP contribution in [-0.4, -0.2) is 182 Å². The number of fused-ring (bicyclic) bond motifs is 4. The van der Waals surface area contributed by atoms with Gasteiger partial charge in [0.25, 0.3) is 0 Å². The molecule has 692 valence electrons. The van der Waals surface area contributed by atoms with Crippen LogP contribution in [0.1, 0.15) is 146 Å². The quantitative estimate of drug-likeness (QED) is 0.0173. The van der Waals surface area contributed by atoms with Crippen molar-refractivity contribution >= 4 is 112 Å². The van der Waals surface area contributed by atoms with E-state index in [1.165, 1.54) is 11.9 Å². The predicted molar refractivity (Wildman–Crippen MR) is 527 cm³/mol. The Morgan fingerprint density at radius 3 is 1.03 bits per heavy atom. The minimum atomic E-state index is -1.12. The van der Waals surface area contributed by atoms with E-state index in [0.29, 0.717) is 57.7 Å². The van der Waals surface area contributed by atoms with Gasteiger partial charge in [0, 0.05) is 175 Å². The molecule has 0 bridgehead atoms. The Balaban J connectivity index is 0.000000167. The number of aromatic nitrogens is 20. The van der Waals surface area contributed by atoms with E-state index < -0.39 is 24.2 Å². The molecule has 0 spiro atoms. The topological polar surface area (TPSA) is 423 Å². The van der Waals surface area contributed by atoms with Gasteiger partial charge in [-0.25, -0.2) is 39.9 Å². The summed E-state index contributed by atoms with van der Waals surface area (Å²) in [5.74, 6) is 1.79. The van der Waals surface area contributed by atoms with Crippen molar-refractivity contribution in [2.24, 2.45) is 23.7 Å². The van der Waals surface area contributed by atoms with E-state index in [1.807, 2.05) is 100 Å². The van der Waals surface area contributed by atoms with Crippen LogP contribution in [0.2, 0.25) is 77.1 Å². The predicted octanol–water partition coefficient (Wildman–Crippen LogP) is 19.4. The molecule has 37 heteroatoms. The van der Waals surface area contributed by atoms with Crippen LogP contribution in [0, 0.1) is 69.0 Å². The van der Waals surface area contributed by atoms with Gasteiger partial charge in [-0.15, -0.1) is 0 Å². The average Bonchev–Trinajstić information content (AvgIpc) is 1.63. The molecular formula is C94H122I2N24O8Si3. The second-order valence-corrected chi connectivity index (χ2v) is 54.6. The molecule has 12 atom stereocenters. The largest absolute Gasteiger partial charge is 0.393 e. The van der Waals surface area contributed by atoms with Crippen molar-refractivity contribution in [1.82, 2.24) is 97.7 Å². The van der Waals surface area contributed by atoms with Crippen molar-refractivity contribution in [3.05, 3.63) is 160 Å². The Morgan fingerprint density at radius 1 is 0.420 bits per heavy atom. The third-order valence-corrected chi connectivity index (χ3v) is 30.1. The number of hydrogen-bond donors (Lipinski definition) is 4. The fraction of sp³-hybridized carbons (Fsp3) is 0.500. The summed E-state index contributed by atoms with van der Waals surface area (Å²) in [5, 5.41) is 89.4. The smallest absolute Gasteiger partial charge is 0.373 e. The second kappa shape index (κ2) is 48.4. The number of ether oxygens (including phenoxy) is 3. The molecule has 0 aliphatic heterocycles. The normalized spacial score (nSPS) is 19.2. The van der Waals surface area contributed by atoms with Crippen LogP contribution in [-0.2, 0) is 44.0 Å². The number of hydrogen-bond acceptors (Lipinski definition) is 24. The fourth-order valence-corrected chi connectivity index (χ4v) is 20.3. The van der Waals surface area contributed by atoms with E-state index >= 15 is 0 Å². The van der Waals surface area contributed by atoms with Gasteiger partial charge in [0.1, 0.15) is 68.1 Å². The van der Waals surface area contributed by atoms with Gasteiger partial charge in [-0.05, 0) is 155 Å². The number of aromatic amines is 1.